The molecule has 0 saturated heterocycles. The Hall–Kier alpha value is -1.83. The molecule has 0 amide bonds. The van der Waals surface area contributed by atoms with Crippen LogP contribution in [0.2, 0.25) is 0 Å². The lowest BCUT2D eigenvalue weighted by atomic mass is 10.0. The van der Waals surface area contributed by atoms with Crippen LogP contribution >= 0.6 is 0 Å². The Bertz CT molecular complexity index is 506. The molecule has 2 aromatic rings. The molecule has 82 valence electrons. The molecule has 1 heterocycles. The summed E-state index contributed by atoms with van der Waals surface area (Å²) in [5.41, 5.74) is 3.96. The first-order valence-electron chi connectivity index (χ1n) is 5.46. The number of rotatable bonds is 2. The van der Waals surface area contributed by atoms with Crippen LogP contribution in [0.5, 0.6) is 5.75 Å². The minimum atomic E-state index is 0.291. The van der Waals surface area contributed by atoms with Gasteiger partial charge in [-0.1, -0.05) is 19.1 Å². The monoisotopic (exact) mass is 213 g/mol. The minimum absolute atomic E-state index is 0.291. The molecular formula is C14H15NO. The van der Waals surface area contributed by atoms with Gasteiger partial charge in [0.05, 0.1) is 5.69 Å². The van der Waals surface area contributed by atoms with Crippen molar-refractivity contribution in [2.24, 2.45) is 0 Å². The highest BCUT2D eigenvalue weighted by atomic mass is 16.3. The molecule has 2 heteroatoms. The summed E-state index contributed by atoms with van der Waals surface area (Å²) in [6.07, 6.45) is 2.71. The quantitative estimate of drug-likeness (QED) is 0.830. The van der Waals surface area contributed by atoms with E-state index in [1.54, 1.807) is 12.3 Å². The summed E-state index contributed by atoms with van der Waals surface area (Å²) in [4.78, 5) is 4.32. The van der Waals surface area contributed by atoms with Crippen molar-refractivity contribution in [1.29, 1.82) is 0 Å². The molecule has 2 rings (SSSR count). The Kier molecular flexibility index (Phi) is 2.91. The Morgan fingerprint density at radius 3 is 2.75 bits per heavy atom. The molecule has 1 aromatic heterocycles. The van der Waals surface area contributed by atoms with Crippen molar-refractivity contribution in [1.82, 2.24) is 4.98 Å². The number of benzene rings is 1. The summed E-state index contributed by atoms with van der Waals surface area (Å²) >= 11 is 0. The molecule has 0 radical (unpaired) electrons. The first kappa shape index (κ1) is 10.7. The van der Waals surface area contributed by atoms with Crippen LogP contribution in [0.3, 0.4) is 0 Å². The zero-order valence-corrected chi connectivity index (χ0v) is 9.57. The smallest absolute Gasteiger partial charge is 0.125 e. The van der Waals surface area contributed by atoms with Gasteiger partial charge in [-0.25, -0.2) is 0 Å². The topological polar surface area (TPSA) is 33.1 Å². The molecule has 1 aromatic carbocycles. The molecule has 0 aliphatic carbocycles. The van der Waals surface area contributed by atoms with Crippen molar-refractivity contribution < 1.29 is 5.11 Å². The Morgan fingerprint density at radius 1 is 1.25 bits per heavy atom. The highest BCUT2D eigenvalue weighted by Gasteiger charge is 2.08. The first-order valence-corrected chi connectivity index (χ1v) is 5.46. The summed E-state index contributed by atoms with van der Waals surface area (Å²) in [6, 6.07) is 9.59. The van der Waals surface area contributed by atoms with E-state index in [0.717, 1.165) is 23.2 Å². The average Bonchev–Trinajstić information content (AvgIpc) is 2.31. The van der Waals surface area contributed by atoms with Gasteiger partial charge < -0.3 is 5.11 Å². The van der Waals surface area contributed by atoms with Crippen LogP contribution in [0.15, 0.2) is 36.5 Å². The maximum absolute atomic E-state index is 9.87. The van der Waals surface area contributed by atoms with Crippen molar-refractivity contribution >= 4 is 0 Å². The molecule has 16 heavy (non-hydrogen) atoms. The average molecular weight is 213 g/mol. The van der Waals surface area contributed by atoms with Crippen molar-refractivity contribution in [3.05, 3.63) is 47.7 Å². The van der Waals surface area contributed by atoms with E-state index in [2.05, 4.69) is 11.9 Å². The fourth-order valence-corrected chi connectivity index (χ4v) is 1.76. The highest BCUT2D eigenvalue weighted by molar-refractivity contribution is 5.70. The van der Waals surface area contributed by atoms with Crippen LogP contribution in [0.25, 0.3) is 11.3 Å². The molecule has 0 spiro atoms. The summed E-state index contributed by atoms with van der Waals surface area (Å²) in [5.74, 6) is 0.291. The molecule has 0 fully saturated rings. The number of nitrogens with zero attached hydrogens (tertiary/aromatic N) is 1. The lowest BCUT2D eigenvalue weighted by Gasteiger charge is -2.08. The van der Waals surface area contributed by atoms with Crippen LogP contribution in [0, 0.1) is 6.92 Å². The third-order valence-electron chi connectivity index (χ3n) is 2.73. The number of phenols is 1. The SMILES string of the molecule is CCc1ccc(O)c(-c2ncccc2C)c1. The van der Waals surface area contributed by atoms with Crippen molar-refractivity contribution in [3.8, 4) is 17.0 Å². The van der Waals surface area contributed by atoms with Gasteiger partial charge in [-0.3, -0.25) is 4.98 Å². The summed E-state index contributed by atoms with van der Waals surface area (Å²) in [5, 5.41) is 9.87. The van der Waals surface area contributed by atoms with Crippen LogP contribution in [-0.4, -0.2) is 10.1 Å². The second kappa shape index (κ2) is 4.35. The van der Waals surface area contributed by atoms with E-state index in [4.69, 9.17) is 0 Å². The van der Waals surface area contributed by atoms with Crippen LogP contribution in [0.1, 0.15) is 18.1 Å². The van der Waals surface area contributed by atoms with E-state index in [1.807, 2.05) is 31.2 Å². The number of phenolic OH excluding ortho intramolecular Hbond substituents is 1. The van der Waals surface area contributed by atoms with Crippen LogP contribution in [-0.2, 0) is 6.42 Å². The maximum Gasteiger partial charge on any atom is 0.125 e. The Balaban J connectivity index is 2.59. The van der Waals surface area contributed by atoms with Gasteiger partial charge in [-0.05, 0) is 42.7 Å². The molecule has 0 aliphatic rings. The van der Waals surface area contributed by atoms with Crippen molar-refractivity contribution in [3.63, 3.8) is 0 Å². The predicted molar refractivity (Wildman–Crippen MR) is 65.5 cm³/mol. The fraction of sp³-hybridized carbons (Fsp3) is 0.214. The maximum atomic E-state index is 9.87. The standard InChI is InChI=1S/C14H15NO/c1-3-11-6-7-13(16)12(9-11)14-10(2)5-4-8-15-14/h4-9,16H,3H2,1-2H3. The van der Waals surface area contributed by atoms with Gasteiger partial charge >= 0.3 is 0 Å². The number of aromatic nitrogens is 1. The van der Waals surface area contributed by atoms with E-state index in [1.165, 1.54) is 5.56 Å². The molecule has 2 nitrogen and oxygen atoms in total. The molecule has 0 unspecified atom stereocenters. The van der Waals surface area contributed by atoms with Crippen molar-refractivity contribution in [2.75, 3.05) is 0 Å². The molecule has 0 saturated carbocycles. The van der Waals surface area contributed by atoms with Gasteiger partial charge in [-0.2, -0.15) is 0 Å². The van der Waals surface area contributed by atoms with E-state index < -0.39 is 0 Å². The highest BCUT2D eigenvalue weighted by Crippen LogP contribution is 2.30. The largest absolute Gasteiger partial charge is 0.507 e. The van der Waals surface area contributed by atoms with Crippen LogP contribution < -0.4 is 0 Å². The second-order valence-electron chi connectivity index (χ2n) is 3.87. The van der Waals surface area contributed by atoms with Gasteiger partial charge in [0.2, 0.25) is 0 Å². The first-order chi connectivity index (χ1) is 7.72. The van der Waals surface area contributed by atoms with Gasteiger partial charge in [0.15, 0.2) is 0 Å². The molecule has 0 atom stereocenters. The molecule has 1 N–H and O–H groups in total. The summed E-state index contributed by atoms with van der Waals surface area (Å²) < 4.78 is 0. The predicted octanol–water partition coefficient (Wildman–Crippen LogP) is 3.33. The lowest BCUT2D eigenvalue weighted by Crippen LogP contribution is -1.89. The molecule has 0 bridgehead atoms. The summed E-state index contributed by atoms with van der Waals surface area (Å²) in [6.45, 7) is 4.10. The third-order valence-corrected chi connectivity index (χ3v) is 2.73. The summed E-state index contributed by atoms with van der Waals surface area (Å²) in [7, 11) is 0. The normalized spacial score (nSPS) is 10.4. The van der Waals surface area contributed by atoms with E-state index >= 15 is 0 Å². The minimum Gasteiger partial charge on any atom is -0.507 e. The number of pyridine rings is 1. The number of hydrogen-bond donors (Lipinski definition) is 1. The number of aromatic hydroxyl groups is 1. The van der Waals surface area contributed by atoms with E-state index in [0.29, 0.717) is 5.75 Å². The Labute approximate surface area is 95.6 Å². The van der Waals surface area contributed by atoms with E-state index in [-0.39, 0.29) is 0 Å². The van der Waals surface area contributed by atoms with Gasteiger partial charge in [-0.15, -0.1) is 0 Å². The molecule has 0 aliphatic heterocycles. The van der Waals surface area contributed by atoms with Gasteiger partial charge in [0.25, 0.3) is 0 Å². The zero-order chi connectivity index (χ0) is 11.5. The fourth-order valence-electron chi connectivity index (χ4n) is 1.76. The van der Waals surface area contributed by atoms with Gasteiger partial charge in [0, 0.05) is 11.8 Å². The van der Waals surface area contributed by atoms with Crippen LogP contribution in [0.4, 0.5) is 0 Å². The third kappa shape index (κ3) is 1.91. The van der Waals surface area contributed by atoms with Gasteiger partial charge in [0.1, 0.15) is 5.75 Å². The number of hydrogen-bond acceptors (Lipinski definition) is 2. The Morgan fingerprint density at radius 2 is 2.06 bits per heavy atom. The molecular weight excluding hydrogens is 198 g/mol. The van der Waals surface area contributed by atoms with E-state index in [9.17, 15) is 5.11 Å². The number of aryl methyl sites for hydroxylation is 2. The zero-order valence-electron chi connectivity index (χ0n) is 9.57. The van der Waals surface area contributed by atoms with Crippen molar-refractivity contribution in [2.45, 2.75) is 20.3 Å². The lowest BCUT2D eigenvalue weighted by molar-refractivity contribution is 0.477. The second-order valence-corrected chi connectivity index (χ2v) is 3.87.